The number of oxazole rings is 1. The Kier molecular flexibility index (Phi) is 7.66. The lowest BCUT2D eigenvalue weighted by Gasteiger charge is -2.30. The zero-order valence-electron chi connectivity index (χ0n) is 13.0. The van der Waals surface area contributed by atoms with E-state index in [1.54, 1.807) is 12.1 Å². The molecular formula is C16H20Cl2FN3O2. The molecule has 1 fully saturated rings. The number of carbonyl (C=O) groups excluding carboxylic acids is 1. The molecule has 0 saturated carbocycles. The Morgan fingerprint density at radius 2 is 1.88 bits per heavy atom. The first-order valence-electron chi connectivity index (χ1n) is 7.35. The Balaban J connectivity index is 0.00000144. The molecule has 1 aromatic heterocycles. The monoisotopic (exact) mass is 375 g/mol. The molecule has 0 bridgehead atoms. The van der Waals surface area contributed by atoms with Crippen LogP contribution in [0.15, 0.2) is 34.9 Å². The van der Waals surface area contributed by atoms with E-state index >= 15 is 0 Å². The summed E-state index contributed by atoms with van der Waals surface area (Å²) >= 11 is 0. The number of amides is 1. The van der Waals surface area contributed by atoms with Gasteiger partial charge in [-0.25, -0.2) is 9.37 Å². The Bertz CT molecular complexity index is 656. The molecule has 0 spiro atoms. The van der Waals surface area contributed by atoms with Gasteiger partial charge >= 0.3 is 0 Å². The van der Waals surface area contributed by atoms with Gasteiger partial charge in [-0.2, -0.15) is 0 Å². The molecule has 0 unspecified atom stereocenters. The third-order valence-electron chi connectivity index (χ3n) is 3.87. The number of nitrogens with zero attached hydrogens (tertiary/aromatic N) is 2. The maximum Gasteiger partial charge on any atom is 0.228 e. The SMILES string of the molecule is Cl.Cl.NC1CCN(C(=O)Cc2coc(-c3ccc(F)cc3)n2)CC1. The van der Waals surface area contributed by atoms with Gasteiger partial charge in [-0.05, 0) is 37.1 Å². The molecular weight excluding hydrogens is 356 g/mol. The van der Waals surface area contributed by atoms with Crippen molar-refractivity contribution >= 4 is 30.7 Å². The molecule has 1 aliphatic rings. The third-order valence-corrected chi connectivity index (χ3v) is 3.87. The molecule has 24 heavy (non-hydrogen) atoms. The van der Waals surface area contributed by atoms with Crippen molar-refractivity contribution in [1.29, 1.82) is 0 Å². The fourth-order valence-corrected chi connectivity index (χ4v) is 2.53. The molecule has 1 amide bonds. The van der Waals surface area contributed by atoms with E-state index in [2.05, 4.69) is 4.98 Å². The summed E-state index contributed by atoms with van der Waals surface area (Å²) in [4.78, 5) is 18.3. The summed E-state index contributed by atoms with van der Waals surface area (Å²) in [6.07, 6.45) is 3.36. The zero-order chi connectivity index (χ0) is 15.5. The highest BCUT2D eigenvalue weighted by molar-refractivity contribution is 5.85. The second-order valence-corrected chi connectivity index (χ2v) is 5.55. The second kappa shape index (κ2) is 9.01. The minimum atomic E-state index is -0.311. The Morgan fingerprint density at radius 3 is 2.50 bits per heavy atom. The summed E-state index contributed by atoms with van der Waals surface area (Å²) in [7, 11) is 0. The van der Waals surface area contributed by atoms with Crippen molar-refractivity contribution in [3.05, 3.63) is 42.0 Å². The first-order chi connectivity index (χ1) is 10.6. The van der Waals surface area contributed by atoms with Crippen molar-refractivity contribution in [2.45, 2.75) is 25.3 Å². The summed E-state index contributed by atoms with van der Waals surface area (Å²) in [6.45, 7) is 1.39. The summed E-state index contributed by atoms with van der Waals surface area (Å²) in [5.74, 6) is 0.114. The quantitative estimate of drug-likeness (QED) is 0.894. The summed E-state index contributed by atoms with van der Waals surface area (Å²) in [6, 6.07) is 6.08. The molecule has 0 atom stereocenters. The summed E-state index contributed by atoms with van der Waals surface area (Å²) in [5.41, 5.74) is 7.10. The van der Waals surface area contributed by atoms with E-state index in [4.69, 9.17) is 10.2 Å². The average Bonchev–Trinajstić information content (AvgIpc) is 2.97. The van der Waals surface area contributed by atoms with E-state index in [0.717, 1.165) is 12.8 Å². The van der Waals surface area contributed by atoms with Crippen molar-refractivity contribution in [3.8, 4) is 11.5 Å². The van der Waals surface area contributed by atoms with Crippen molar-refractivity contribution in [3.63, 3.8) is 0 Å². The fourth-order valence-electron chi connectivity index (χ4n) is 2.53. The standard InChI is InChI=1S/C16H18FN3O2.2ClH/c17-12-3-1-11(2-4-12)16-19-14(10-22-16)9-15(21)20-7-5-13(18)6-8-20;;/h1-4,10,13H,5-9,18H2;2*1H. The molecule has 5 nitrogen and oxygen atoms in total. The van der Waals surface area contributed by atoms with Crippen LogP contribution in [0.4, 0.5) is 4.39 Å². The molecule has 1 saturated heterocycles. The van der Waals surface area contributed by atoms with Gasteiger partial charge in [-0.1, -0.05) is 0 Å². The molecule has 1 aliphatic heterocycles. The summed E-state index contributed by atoms with van der Waals surface area (Å²) in [5, 5.41) is 0. The molecule has 0 aliphatic carbocycles. The topological polar surface area (TPSA) is 72.4 Å². The van der Waals surface area contributed by atoms with Crippen LogP contribution in [0.1, 0.15) is 18.5 Å². The van der Waals surface area contributed by atoms with Gasteiger partial charge in [0.1, 0.15) is 12.1 Å². The number of piperidine rings is 1. The number of benzene rings is 1. The first kappa shape index (κ1) is 20.4. The molecule has 2 heterocycles. The second-order valence-electron chi connectivity index (χ2n) is 5.55. The van der Waals surface area contributed by atoms with Crippen LogP contribution >= 0.6 is 24.8 Å². The Morgan fingerprint density at radius 1 is 1.25 bits per heavy atom. The number of aromatic nitrogens is 1. The maximum absolute atomic E-state index is 12.9. The number of carbonyl (C=O) groups is 1. The number of rotatable bonds is 3. The van der Waals surface area contributed by atoms with E-state index in [9.17, 15) is 9.18 Å². The van der Waals surface area contributed by atoms with E-state index in [-0.39, 0.29) is 49.0 Å². The number of halogens is 3. The van der Waals surface area contributed by atoms with Crippen molar-refractivity contribution < 1.29 is 13.6 Å². The van der Waals surface area contributed by atoms with Crippen molar-refractivity contribution in [1.82, 2.24) is 9.88 Å². The normalized spacial score (nSPS) is 14.7. The highest BCUT2D eigenvalue weighted by atomic mass is 35.5. The van der Waals surface area contributed by atoms with Crippen molar-refractivity contribution in [2.24, 2.45) is 5.73 Å². The minimum Gasteiger partial charge on any atom is -0.444 e. The van der Waals surface area contributed by atoms with Gasteiger partial charge < -0.3 is 15.1 Å². The van der Waals surface area contributed by atoms with Crippen LogP contribution in [0.2, 0.25) is 0 Å². The van der Waals surface area contributed by atoms with Gasteiger partial charge in [0.05, 0.1) is 12.1 Å². The van der Waals surface area contributed by atoms with Crippen LogP contribution in [0.3, 0.4) is 0 Å². The maximum atomic E-state index is 12.9. The van der Waals surface area contributed by atoms with E-state index < -0.39 is 0 Å². The predicted octanol–water partition coefficient (Wildman–Crippen LogP) is 2.82. The van der Waals surface area contributed by atoms with E-state index in [0.29, 0.717) is 30.2 Å². The zero-order valence-corrected chi connectivity index (χ0v) is 14.6. The van der Waals surface area contributed by atoms with Crippen LogP contribution in [-0.4, -0.2) is 34.9 Å². The Labute approximate surface area is 152 Å². The number of hydrogen-bond donors (Lipinski definition) is 1. The third kappa shape index (κ3) is 4.93. The molecule has 1 aromatic carbocycles. The predicted molar refractivity (Wildman–Crippen MR) is 93.9 cm³/mol. The van der Waals surface area contributed by atoms with E-state index in [1.807, 2.05) is 4.90 Å². The lowest BCUT2D eigenvalue weighted by atomic mass is 10.1. The molecule has 0 radical (unpaired) electrons. The van der Waals surface area contributed by atoms with Crippen LogP contribution in [-0.2, 0) is 11.2 Å². The van der Waals surface area contributed by atoms with Crippen LogP contribution < -0.4 is 5.73 Å². The van der Waals surface area contributed by atoms with Gasteiger partial charge in [0.25, 0.3) is 0 Å². The van der Waals surface area contributed by atoms with Crippen LogP contribution in [0, 0.1) is 5.82 Å². The first-order valence-corrected chi connectivity index (χ1v) is 7.35. The fraction of sp³-hybridized carbons (Fsp3) is 0.375. The molecule has 2 aromatic rings. The van der Waals surface area contributed by atoms with Gasteiger partial charge in [0, 0.05) is 24.7 Å². The highest BCUT2D eigenvalue weighted by Crippen LogP contribution is 2.19. The van der Waals surface area contributed by atoms with Gasteiger partial charge in [-0.3, -0.25) is 4.79 Å². The molecule has 2 N–H and O–H groups in total. The number of likely N-dealkylation sites (tertiary alicyclic amines) is 1. The van der Waals surface area contributed by atoms with Gasteiger partial charge in [-0.15, -0.1) is 24.8 Å². The van der Waals surface area contributed by atoms with Gasteiger partial charge in [0.15, 0.2) is 0 Å². The van der Waals surface area contributed by atoms with Crippen molar-refractivity contribution in [2.75, 3.05) is 13.1 Å². The number of nitrogens with two attached hydrogens (primary N) is 1. The summed E-state index contributed by atoms with van der Waals surface area (Å²) < 4.78 is 18.3. The van der Waals surface area contributed by atoms with Crippen LogP contribution in [0.5, 0.6) is 0 Å². The Hall–Kier alpha value is -1.63. The largest absolute Gasteiger partial charge is 0.444 e. The smallest absolute Gasteiger partial charge is 0.228 e. The molecule has 3 rings (SSSR count). The average molecular weight is 376 g/mol. The number of hydrogen-bond acceptors (Lipinski definition) is 4. The highest BCUT2D eigenvalue weighted by Gasteiger charge is 2.21. The lowest BCUT2D eigenvalue weighted by molar-refractivity contribution is -0.131. The molecule has 8 heteroatoms. The van der Waals surface area contributed by atoms with Gasteiger partial charge in [0.2, 0.25) is 11.8 Å². The lowest BCUT2D eigenvalue weighted by Crippen LogP contribution is -2.43. The van der Waals surface area contributed by atoms with E-state index in [1.165, 1.54) is 18.4 Å². The molecule has 132 valence electrons. The minimum absolute atomic E-state index is 0. The van der Waals surface area contributed by atoms with Crippen LogP contribution in [0.25, 0.3) is 11.5 Å².